The minimum Gasteiger partial charge on any atom is -0.448 e. The van der Waals surface area contributed by atoms with Crippen molar-refractivity contribution in [2.45, 2.75) is 37.1 Å². The predicted molar refractivity (Wildman–Crippen MR) is 134 cm³/mol. The molecule has 0 bridgehead atoms. The number of hydrogen-bond acceptors (Lipinski definition) is 7. The van der Waals surface area contributed by atoms with Gasteiger partial charge in [0.25, 0.3) is 5.91 Å². The van der Waals surface area contributed by atoms with Gasteiger partial charge in [0, 0.05) is 6.42 Å². The van der Waals surface area contributed by atoms with Crippen LogP contribution in [0.15, 0.2) is 91.0 Å². The summed E-state index contributed by atoms with van der Waals surface area (Å²) in [6.07, 6.45) is -0.991. The Kier molecular flexibility index (Phi) is 7.19. The van der Waals surface area contributed by atoms with Crippen LogP contribution in [-0.4, -0.2) is 47.2 Å². The number of nitrogens with one attached hydrogen (secondary N) is 1. The van der Waals surface area contributed by atoms with Crippen molar-refractivity contribution >= 4 is 23.8 Å². The Morgan fingerprint density at radius 1 is 0.921 bits per heavy atom. The maximum atomic E-state index is 13.7. The molecule has 5 rings (SSSR count). The van der Waals surface area contributed by atoms with Crippen LogP contribution in [0.3, 0.4) is 0 Å². The topological polar surface area (TPSA) is 111 Å². The number of hydroxylamine groups is 2. The molecule has 0 radical (unpaired) electrons. The summed E-state index contributed by atoms with van der Waals surface area (Å²) < 4.78 is 11.4. The van der Waals surface area contributed by atoms with Gasteiger partial charge in [0.2, 0.25) is 5.91 Å². The summed E-state index contributed by atoms with van der Waals surface area (Å²) >= 11 is 0. The SMILES string of the molecule is O=C(Cc1ccccc1)N[C@H]1CON(C2(C(=O)OC(c3ccccc3)c3ccccc3)CCC(=O)O2)C1=O. The van der Waals surface area contributed by atoms with Crippen molar-refractivity contribution in [1.82, 2.24) is 10.4 Å². The highest BCUT2D eigenvalue weighted by Gasteiger charge is 2.60. The molecule has 9 heteroatoms. The maximum Gasteiger partial charge on any atom is 0.376 e. The van der Waals surface area contributed by atoms with E-state index in [-0.39, 0.29) is 31.8 Å². The van der Waals surface area contributed by atoms with E-state index in [1.54, 1.807) is 12.1 Å². The van der Waals surface area contributed by atoms with Crippen molar-refractivity contribution in [2.75, 3.05) is 6.61 Å². The van der Waals surface area contributed by atoms with Crippen LogP contribution in [0.2, 0.25) is 0 Å². The first-order valence-electron chi connectivity index (χ1n) is 12.3. The van der Waals surface area contributed by atoms with E-state index in [2.05, 4.69) is 5.32 Å². The van der Waals surface area contributed by atoms with Gasteiger partial charge in [0.15, 0.2) is 6.10 Å². The van der Waals surface area contributed by atoms with Gasteiger partial charge in [-0.05, 0) is 16.7 Å². The van der Waals surface area contributed by atoms with Gasteiger partial charge in [0.05, 0.1) is 12.8 Å². The van der Waals surface area contributed by atoms with E-state index in [0.717, 1.165) is 10.6 Å². The van der Waals surface area contributed by atoms with Crippen LogP contribution in [-0.2, 0) is 39.9 Å². The lowest BCUT2D eigenvalue weighted by Crippen LogP contribution is -2.57. The smallest absolute Gasteiger partial charge is 0.376 e. The van der Waals surface area contributed by atoms with Crippen LogP contribution in [0, 0.1) is 0 Å². The highest BCUT2D eigenvalue weighted by atomic mass is 16.8. The summed E-state index contributed by atoms with van der Waals surface area (Å²) in [4.78, 5) is 57.4. The van der Waals surface area contributed by atoms with Crippen molar-refractivity contribution in [3.63, 3.8) is 0 Å². The van der Waals surface area contributed by atoms with Gasteiger partial charge in [-0.3, -0.25) is 19.2 Å². The van der Waals surface area contributed by atoms with Crippen molar-refractivity contribution in [3.8, 4) is 0 Å². The molecule has 194 valence electrons. The monoisotopic (exact) mass is 514 g/mol. The van der Waals surface area contributed by atoms with Crippen LogP contribution in [0.5, 0.6) is 0 Å². The number of cyclic esters (lactones) is 1. The third kappa shape index (κ3) is 5.14. The molecule has 0 aliphatic carbocycles. The van der Waals surface area contributed by atoms with Crippen LogP contribution in [0.25, 0.3) is 0 Å². The Labute approximate surface area is 219 Å². The van der Waals surface area contributed by atoms with Crippen LogP contribution in [0.4, 0.5) is 0 Å². The molecule has 2 aliphatic rings. The Bertz CT molecular complexity index is 1280. The average Bonchev–Trinajstić information content (AvgIpc) is 3.51. The van der Waals surface area contributed by atoms with Gasteiger partial charge in [-0.2, -0.15) is 5.06 Å². The number of benzene rings is 3. The molecule has 2 saturated heterocycles. The summed E-state index contributed by atoms with van der Waals surface area (Å²) in [5.41, 5.74) is 0.0814. The molecule has 1 unspecified atom stereocenters. The van der Waals surface area contributed by atoms with Gasteiger partial charge in [-0.25, -0.2) is 4.79 Å². The number of nitrogens with zero attached hydrogens (tertiary/aromatic N) is 1. The van der Waals surface area contributed by atoms with E-state index in [1.165, 1.54) is 0 Å². The lowest BCUT2D eigenvalue weighted by Gasteiger charge is -2.34. The largest absolute Gasteiger partial charge is 0.448 e. The lowest BCUT2D eigenvalue weighted by atomic mass is 10.0. The fraction of sp³-hybridized carbons (Fsp3) is 0.241. The molecule has 3 aromatic rings. The number of rotatable bonds is 8. The number of ether oxygens (including phenoxy) is 2. The quantitative estimate of drug-likeness (QED) is 0.460. The van der Waals surface area contributed by atoms with Gasteiger partial charge in [-0.15, -0.1) is 0 Å². The molecular formula is C29H26N2O7. The molecule has 0 spiro atoms. The zero-order chi connectivity index (χ0) is 26.5. The Balaban J connectivity index is 1.36. The van der Waals surface area contributed by atoms with Crippen LogP contribution in [0.1, 0.15) is 35.6 Å². The minimum atomic E-state index is -2.10. The molecule has 2 aliphatic heterocycles. The van der Waals surface area contributed by atoms with E-state index in [0.29, 0.717) is 11.1 Å². The number of carbonyl (C=O) groups excluding carboxylic acids is 4. The summed E-state index contributed by atoms with van der Waals surface area (Å²) in [5, 5.41) is 3.39. The minimum absolute atomic E-state index is 0.0720. The summed E-state index contributed by atoms with van der Waals surface area (Å²) in [6, 6.07) is 26.3. The van der Waals surface area contributed by atoms with Crippen LogP contribution < -0.4 is 5.32 Å². The first-order chi connectivity index (χ1) is 18.5. The van der Waals surface area contributed by atoms with E-state index in [9.17, 15) is 19.2 Å². The highest BCUT2D eigenvalue weighted by Crippen LogP contribution is 2.37. The normalized spacial score (nSPS) is 20.9. The predicted octanol–water partition coefficient (Wildman–Crippen LogP) is 2.85. The van der Waals surface area contributed by atoms with Gasteiger partial charge in [-0.1, -0.05) is 91.0 Å². The maximum absolute atomic E-state index is 13.7. The second kappa shape index (κ2) is 10.9. The van der Waals surface area contributed by atoms with Crippen molar-refractivity contribution in [2.24, 2.45) is 0 Å². The fourth-order valence-electron chi connectivity index (χ4n) is 4.55. The van der Waals surface area contributed by atoms with E-state index >= 15 is 0 Å². The third-order valence-electron chi connectivity index (χ3n) is 6.44. The van der Waals surface area contributed by atoms with Crippen molar-refractivity contribution in [3.05, 3.63) is 108 Å². The lowest BCUT2D eigenvalue weighted by molar-refractivity contribution is -0.260. The number of carbonyl (C=O) groups is 4. The molecule has 38 heavy (non-hydrogen) atoms. The molecule has 2 heterocycles. The van der Waals surface area contributed by atoms with E-state index in [1.807, 2.05) is 78.9 Å². The second-order valence-electron chi connectivity index (χ2n) is 9.08. The van der Waals surface area contributed by atoms with Gasteiger partial charge in [0.1, 0.15) is 12.6 Å². The van der Waals surface area contributed by atoms with Gasteiger partial charge < -0.3 is 14.8 Å². The Morgan fingerprint density at radius 2 is 1.50 bits per heavy atom. The molecule has 2 amide bonds. The van der Waals surface area contributed by atoms with Crippen LogP contribution >= 0.6 is 0 Å². The Hall–Kier alpha value is -4.50. The van der Waals surface area contributed by atoms with Crippen molar-refractivity contribution < 1.29 is 33.5 Å². The third-order valence-corrected chi connectivity index (χ3v) is 6.44. The molecule has 1 N–H and O–H groups in total. The zero-order valence-electron chi connectivity index (χ0n) is 20.4. The van der Waals surface area contributed by atoms with E-state index in [4.69, 9.17) is 14.3 Å². The molecule has 3 aromatic carbocycles. The highest BCUT2D eigenvalue weighted by molar-refractivity contribution is 5.95. The summed E-state index contributed by atoms with van der Waals surface area (Å²) in [5.74, 6) is -2.68. The fourth-order valence-corrected chi connectivity index (χ4v) is 4.55. The molecule has 2 fully saturated rings. The first kappa shape index (κ1) is 25.2. The average molecular weight is 515 g/mol. The standard InChI is InChI=1S/C29H26N2O7/c32-24(18-20-10-4-1-5-11-20)30-23-19-36-31(27(23)34)29(17-16-25(33)38-29)28(35)37-26(21-12-6-2-7-13-21)22-14-8-3-9-15-22/h1-15,23,26H,16-19H2,(H,30,32)/t23-,29?/m0/s1. The van der Waals surface area contributed by atoms with E-state index < -0.39 is 35.7 Å². The molecule has 2 atom stereocenters. The zero-order valence-corrected chi connectivity index (χ0v) is 20.4. The second-order valence-corrected chi connectivity index (χ2v) is 9.08. The number of amides is 2. The Morgan fingerprint density at radius 3 is 2.05 bits per heavy atom. The molecule has 0 aromatic heterocycles. The number of esters is 2. The molecule has 9 nitrogen and oxygen atoms in total. The van der Waals surface area contributed by atoms with Crippen molar-refractivity contribution in [1.29, 1.82) is 0 Å². The molecular weight excluding hydrogens is 488 g/mol. The summed E-state index contributed by atoms with van der Waals surface area (Å²) in [6.45, 7) is -0.216. The van der Waals surface area contributed by atoms with Gasteiger partial charge >= 0.3 is 17.7 Å². The molecule has 0 saturated carbocycles. The number of hydrogen-bond donors (Lipinski definition) is 1. The first-order valence-corrected chi connectivity index (χ1v) is 12.3. The summed E-state index contributed by atoms with van der Waals surface area (Å²) in [7, 11) is 0.